The molecular formula is C24H28F3N7O2. The molecule has 36 heavy (non-hydrogen) atoms. The quantitative estimate of drug-likeness (QED) is 0.541. The lowest BCUT2D eigenvalue weighted by Crippen LogP contribution is -2.67. The van der Waals surface area contributed by atoms with Crippen molar-refractivity contribution in [2.45, 2.75) is 31.6 Å². The van der Waals surface area contributed by atoms with Gasteiger partial charge in [0.1, 0.15) is 11.2 Å². The molecule has 2 fully saturated rings. The van der Waals surface area contributed by atoms with E-state index < -0.39 is 17.8 Å². The number of carbonyl (C=O) groups excluding carboxylic acids is 2. The van der Waals surface area contributed by atoms with Crippen LogP contribution in [0.15, 0.2) is 42.9 Å². The molecule has 9 nitrogen and oxygen atoms in total. The van der Waals surface area contributed by atoms with Crippen LogP contribution in [0.3, 0.4) is 0 Å². The van der Waals surface area contributed by atoms with Crippen molar-refractivity contribution >= 4 is 23.3 Å². The van der Waals surface area contributed by atoms with Crippen LogP contribution in [0.5, 0.6) is 0 Å². The van der Waals surface area contributed by atoms with Gasteiger partial charge in [0.25, 0.3) is 5.91 Å². The summed E-state index contributed by atoms with van der Waals surface area (Å²) in [6.45, 7) is 2.80. The SMILES string of the molecule is CN(C)CCn1ccn2ncc(C(=O)N3CC4(CC(NC(=O)Nc5cccc(C(F)(F)F)c5)C4)C3)c12. The van der Waals surface area contributed by atoms with E-state index in [1.165, 1.54) is 12.1 Å². The minimum Gasteiger partial charge on any atom is -0.337 e. The molecule has 1 saturated heterocycles. The highest BCUT2D eigenvalue weighted by Crippen LogP contribution is 2.48. The molecule has 3 amide bonds. The summed E-state index contributed by atoms with van der Waals surface area (Å²) in [5.74, 6) is -0.0564. The second-order valence-electron chi connectivity index (χ2n) is 10.1. The summed E-state index contributed by atoms with van der Waals surface area (Å²) in [6, 6.07) is 3.91. The van der Waals surface area contributed by atoms with Crippen molar-refractivity contribution in [3.8, 4) is 0 Å². The van der Waals surface area contributed by atoms with Crippen molar-refractivity contribution in [1.82, 2.24) is 29.3 Å². The van der Waals surface area contributed by atoms with Crippen LogP contribution in [-0.4, -0.2) is 75.7 Å². The maximum absolute atomic E-state index is 13.2. The lowest BCUT2D eigenvalue weighted by Gasteiger charge is -2.58. The van der Waals surface area contributed by atoms with Gasteiger partial charge in [-0.2, -0.15) is 18.3 Å². The number of alkyl halides is 3. The number of imidazole rings is 1. The van der Waals surface area contributed by atoms with Crippen LogP contribution in [0.25, 0.3) is 5.65 Å². The number of benzene rings is 1. The van der Waals surface area contributed by atoms with E-state index in [2.05, 4.69) is 20.6 Å². The highest BCUT2D eigenvalue weighted by Gasteiger charge is 2.54. The Kier molecular flexibility index (Phi) is 5.93. The Morgan fingerprint density at radius 2 is 1.94 bits per heavy atom. The zero-order valence-corrected chi connectivity index (χ0v) is 20.0. The molecule has 1 aliphatic carbocycles. The smallest absolute Gasteiger partial charge is 0.337 e. The van der Waals surface area contributed by atoms with E-state index in [0.717, 1.165) is 43.7 Å². The second-order valence-corrected chi connectivity index (χ2v) is 10.1. The van der Waals surface area contributed by atoms with Gasteiger partial charge in [-0.15, -0.1) is 0 Å². The standard InChI is InChI=1S/C24H28F3N7O2/c1-31(2)6-7-32-8-9-34-20(32)19(13-28-34)21(35)33-14-23(15-33)11-18(12-23)30-22(36)29-17-5-3-4-16(10-17)24(25,26)27/h3-5,8-10,13,18H,6-7,11-12,14-15H2,1-2H3,(H2,29,30,36). The lowest BCUT2D eigenvalue weighted by molar-refractivity contribution is -0.137. The summed E-state index contributed by atoms with van der Waals surface area (Å²) in [7, 11) is 4.00. The molecule has 12 heteroatoms. The van der Waals surface area contributed by atoms with Gasteiger partial charge >= 0.3 is 12.2 Å². The summed E-state index contributed by atoms with van der Waals surface area (Å²) in [6.07, 6.45) is 2.34. The number of likely N-dealkylation sites (tertiary alicyclic amines) is 1. The zero-order valence-electron chi connectivity index (χ0n) is 20.0. The molecule has 0 bridgehead atoms. The van der Waals surface area contributed by atoms with Crippen LogP contribution in [0, 0.1) is 5.41 Å². The van der Waals surface area contributed by atoms with Crippen LogP contribution >= 0.6 is 0 Å². The summed E-state index contributed by atoms with van der Waals surface area (Å²) >= 11 is 0. The summed E-state index contributed by atoms with van der Waals surface area (Å²) in [4.78, 5) is 29.3. The molecule has 3 aromatic rings. The third kappa shape index (κ3) is 4.64. The van der Waals surface area contributed by atoms with Gasteiger partial charge in [-0.1, -0.05) is 6.07 Å². The maximum Gasteiger partial charge on any atom is 0.416 e. The van der Waals surface area contributed by atoms with Crippen LogP contribution in [0.1, 0.15) is 28.8 Å². The fraction of sp³-hybridized carbons (Fsp3) is 0.458. The van der Waals surface area contributed by atoms with E-state index in [-0.39, 0.29) is 23.1 Å². The molecule has 1 saturated carbocycles. The number of halogens is 3. The van der Waals surface area contributed by atoms with Crippen molar-refractivity contribution in [3.05, 3.63) is 54.0 Å². The maximum atomic E-state index is 13.2. The minimum atomic E-state index is -4.47. The first-order valence-corrected chi connectivity index (χ1v) is 11.7. The fourth-order valence-electron chi connectivity index (χ4n) is 5.15. The highest BCUT2D eigenvalue weighted by atomic mass is 19.4. The summed E-state index contributed by atoms with van der Waals surface area (Å²) < 4.78 is 42.3. The van der Waals surface area contributed by atoms with Crippen molar-refractivity contribution in [1.29, 1.82) is 0 Å². The first-order chi connectivity index (χ1) is 17.0. The normalized spacial score (nSPS) is 17.3. The molecule has 1 aliphatic heterocycles. The Hall–Kier alpha value is -3.54. The Bertz CT molecular complexity index is 1280. The number of nitrogens with one attached hydrogen (secondary N) is 2. The fourth-order valence-corrected chi connectivity index (χ4v) is 5.15. The van der Waals surface area contributed by atoms with E-state index in [1.807, 2.05) is 31.1 Å². The molecule has 192 valence electrons. The molecule has 1 aromatic carbocycles. The number of nitrogens with zero attached hydrogens (tertiary/aromatic N) is 5. The molecule has 0 atom stereocenters. The number of aromatic nitrogens is 3. The highest BCUT2D eigenvalue weighted by molar-refractivity contribution is 6.00. The molecule has 0 unspecified atom stereocenters. The largest absolute Gasteiger partial charge is 0.416 e. The predicted molar refractivity (Wildman–Crippen MR) is 127 cm³/mol. The van der Waals surface area contributed by atoms with Crippen molar-refractivity contribution in [2.75, 3.05) is 39.0 Å². The first-order valence-electron chi connectivity index (χ1n) is 11.7. The topological polar surface area (TPSA) is 86.9 Å². The Balaban J connectivity index is 1.12. The van der Waals surface area contributed by atoms with E-state index >= 15 is 0 Å². The number of urea groups is 1. The number of hydrogen-bond donors (Lipinski definition) is 2. The summed E-state index contributed by atoms with van der Waals surface area (Å²) in [5.41, 5.74) is 0.593. The molecule has 5 rings (SSSR count). The van der Waals surface area contributed by atoms with Crippen molar-refractivity contribution in [3.63, 3.8) is 0 Å². The second kappa shape index (κ2) is 8.84. The van der Waals surface area contributed by atoms with Gasteiger partial charge in [0.2, 0.25) is 0 Å². The van der Waals surface area contributed by atoms with Gasteiger partial charge in [-0.05, 0) is 45.1 Å². The third-order valence-corrected chi connectivity index (χ3v) is 6.93. The Labute approximate surface area is 205 Å². The molecule has 2 aliphatic rings. The van der Waals surface area contributed by atoms with E-state index in [0.29, 0.717) is 18.7 Å². The number of anilines is 1. The number of hydrogen-bond acceptors (Lipinski definition) is 4. The van der Waals surface area contributed by atoms with Crippen LogP contribution < -0.4 is 10.6 Å². The summed E-state index contributed by atoms with van der Waals surface area (Å²) in [5, 5.41) is 9.60. The van der Waals surface area contributed by atoms with Gasteiger partial charge in [-0.25, -0.2) is 9.31 Å². The number of rotatable bonds is 6. The minimum absolute atomic E-state index is 0.0248. The van der Waals surface area contributed by atoms with Crippen molar-refractivity contribution in [2.24, 2.45) is 5.41 Å². The number of carbonyl (C=O) groups is 2. The first kappa shape index (κ1) is 24.2. The average molecular weight is 504 g/mol. The van der Waals surface area contributed by atoms with Crippen LogP contribution in [-0.2, 0) is 12.7 Å². The third-order valence-electron chi connectivity index (χ3n) is 6.93. The van der Waals surface area contributed by atoms with E-state index in [4.69, 9.17) is 0 Å². The molecule has 2 aromatic heterocycles. The van der Waals surface area contributed by atoms with E-state index in [1.54, 1.807) is 15.6 Å². The molecule has 1 spiro atoms. The van der Waals surface area contributed by atoms with Gasteiger partial charge in [0.15, 0.2) is 0 Å². The lowest BCUT2D eigenvalue weighted by atomic mass is 9.60. The molecule has 3 heterocycles. The molecule has 2 N–H and O–H groups in total. The van der Waals surface area contributed by atoms with Crippen LogP contribution in [0.4, 0.5) is 23.7 Å². The molecule has 0 radical (unpaired) electrons. The Morgan fingerprint density at radius 3 is 2.64 bits per heavy atom. The Morgan fingerprint density at radius 1 is 1.19 bits per heavy atom. The monoisotopic (exact) mass is 503 g/mol. The van der Waals surface area contributed by atoms with Crippen molar-refractivity contribution < 1.29 is 22.8 Å². The van der Waals surface area contributed by atoms with E-state index in [9.17, 15) is 22.8 Å². The zero-order chi connectivity index (χ0) is 25.7. The van der Waals surface area contributed by atoms with Gasteiger partial charge in [-0.3, -0.25) is 4.79 Å². The number of likely N-dealkylation sites (N-methyl/N-ethyl adjacent to an activating group) is 1. The van der Waals surface area contributed by atoms with Gasteiger partial charge in [0.05, 0.1) is 11.8 Å². The average Bonchev–Trinajstić information content (AvgIpc) is 3.34. The predicted octanol–water partition coefficient (Wildman–Crippen LogP) is 3.14. The van der Waals surface area contributed by atoms with Gasteiger partial charge in [0, 0.05) is 55.7 Å². The number of fused-ring (bicyclic) bond motifs is 1. The van der Waals surface area contributed by atoms with Crippen LogP contribution in [0.2, 0.25) is 0 Å². The van der Waals surface area contributed by atoms with Gasteiger partial charge < -0.3 is 25.0 Å². The molecular weight excluding hydrogens is 475 g/mol. The number of amides is 3.